The van der Waals surface area contributed by atoms with Crippen molar-refractivity contribution in [1.29, 1.82) is 10.5 Å². The highest BCUT2D eigenvalue weighted by Crippen LogP contribution is 2.61. The second kappa shape index (κ2) is 3.37. The van der Waals surface area contributed by atoms with Crippen molar-refractivity contribution >= 4 is 0 Å². The number of nitrogens with zero attached hydrogens (tertiary/aromatic N) is 2. The van der Waals surface area contributed by atoms with Gasteiger partial charge in [-0.2, -0.15) is 10.5 Å². The van der Waals surface area contributed by atoms with Gasteiger partial charge in [0.2, 0.25) is 0 Å². The van der Waals surface area contributed by atoms with Crippen molar-refractivity contribution in [2.45, 2.75) is 27.7 Å². The third-order valence-corrected chi connectivity index (χ3v) is 3.45. The van der Waals surface area contributed by atoms with Crippen LogP contribution >= 0.6 is 0 Å². The van der Waals surface area contributed by atoms with E-state index in [2.05, 4.69) is 32.9 Å². The predicted molar refractivity (Wildman–Crippen MR) is 63.0 cm³/mol. The molecular weight excluding hydrogens is 212 g/mol. The van der Waals surface area contributed by atoms with Gasteiger partial charge in [-0.3, -0.25) is 0 Å². The predicted octanol–water partition coefficient (Wildman–Crippen LogP) is 3.13. The number of ether oxygens (including phenoxy) is 1. The molecule has 0 N–H and O–H groups in total. The largest absolute Gasteiger partial charge is 0.466 e. The third-order valence-electron chi connectivity index (χ3n) is 3.45. The molecule has 1 fully saturated rings. The minimum atomic E-state index is -0.873. The second-order valence-electron chi connectivity index (χ2n) is 5.80. The Morgan fingerprint density at radius 3 is 2.18 bits per heavy atom. The molecular formula is C14H16N2O. The van der Waals surface area contributed by atoms with E-state index in [4.69, 9.17) is 4.74 Å². The summed E-state index contributed by atoms with van der Waals surface area (Å²) in [6, 6.07) is 4.32. The lowest BCUT2D eigenvalue weighted by molar-refractivity contribution is 0.216. The van der Waals surface area contributed by atoms with E-state index in [0.717, 1.165) is 11.5 Å². The van der Waals surface area contributed by atoms with Crippen molar-refractivity contribution in [1.82, 2.24) is 0 Å². The number of allylic oxidation sites excluding steroid dienone is 4. The summed E-state index contributed by atoms with van der Waals surface area (Å²) in [5, 5.41) is 18.4. The Bertz CT molecular complexity index is 480. The fourth-order valence-corrected chi connectivity index (χ4v) is 2.30. The number of hydrogen-bond acceptors (Lipinski definition) is 3. The van der Waals surface area contributed by atoms with Crippen LogP contribution in [0.25, 0.3) is 0 Å². The molecule has 3 nitrogen and oxygen atoms in total. The van der Waals surface area contributed by atoms with Crippen LogP contribution in [0.5, 0.6) is 0 Å². The molecule has 2 atom stereocenters. The highest BCUT2D eigenvalue weighted by atomic mass is 16.5. The highest BCUT2D eigenvalue weighted by molar-refractivity contribution is 5.42. The summed E-state index contributed by atoms with van der Waals surface area (Å²) in [6.45, 7) is 8.07. The zero-order valence-electron chi connectivity index (χ0n) is 10.6. The summed E-state index contributed by atoms with van der Waals surface area (Å²) < 4.78 is 5.76. The SMILES string of the molecule is CC1=CC2C(C=C(C(C)(C)C)O1)C2(C#N)C#N. The molecule has 1 aliphatic carbocycles. The Balaban J connectivity index is 2.44. The molecule has 0 amide bonds. The molecule has 0 saturated heterocycles. The fraction of sp³-hybridized carbons (Fsp3) is 0.571. The second-order valence-corrected chi connectivity index (χ2v) is 5.80. The highest BCUT2D eigenvalue weighted by Gasteiger charge is 2.65. The molecule has 2 rings (SSSR count). The molecule has 1 saturated carbocycles. The van der Waals surface area contributed by atoms with Gasteiger partial charge in [-0.1, -0.05) is 20.8 Å². The van der Waals surface area contributed by atoms with E-state index in [0.29, 0.717) is 0 Å². The summed E-state index contributed by atoms with van der Waals surface area (Å²) in [5.74, 6) is 1.60. The van der Waals surface area contributed by atoms with E-state index < -0.39 is 5.41 Å². The summed E-state index contributed by atoms with van der Waals surface area (Å²) in [7, 11) is 0. The van der Waals surface area contributed by atoms with Crippen LogP contribution in [0.1, 0.15) is 27.7 Å². The van der Waals surface area contributed by atoms with Crippen LogP contribution in [0.15, 0.2) is 23.7 Å². The standard InChI is InChI=1S/C14H16N2O/c1-9-5-10-11(14(10,7-15)8-16)6-12(17-9)13(2,3)4/h5-6,10-11H,1-4H3. The summed E-state index contributed by atoms with van der Waals surface area (Å²) in [5.41, 5.74) is -0.981. The van der Waals surface area contributed by atoms with Gasteiger partial charge in [0.1, 0.15) is 5.76 Å². The van der Waals surface area contributed by atoms with Crippen molar-refractivity contribution < 1.29 is 4.74 Å². The first-order valence-electron chi connectivity index (χ1n) is 5.76. The third kappa shape index (κ3) is 1.63. The first-order chi connectivity index (χ1) is 7.85. The molecule has 0 aromatic heterocycles. The molecule has 0 spiro atoms. The number of hydrogen-bond donors (Lipinski definition) is 0. The first-order valence-corrected chi connectivity index (χ1v) is 5.76. The zero-order chi connectivity index (χ0) is 12.8. The van der Waals surface area contributed by atoms with Crippen LogP contribution in [-0.2, 0) is 4.74 Å². The lowest BCUT2D eigenvalue weighted by Gasteiger charge is -2.23. The van der Waals surface area contributed by atoms with Gasteiger partial charge in [-0.25, -0.2) is 0 Å². The number of rotatable bonds is 0. The van der Waals surface area contributed by atoms with E-state index in [9.17, 15) is 10.5 Å². The van der Waals surface area contributed by atoms with Crippen LogP contribution in [0.2, 0.25) is 0 Å². The van der Waals surface area contributed by atoms with Gasteiger partial charge >= 0.3 is 0 Å². The van der Waals surface area contributed by atoms with Crippen LogP contribution in [0.4, 0.5) is 0 Å². The molecule has 0 aromatic rings. The maximum Gasteiger partial charge on any atom is 0.157 e. The lowest BCUT2D eigenvalue weighted by Crippen LogP contribution is -2.13. The minimum absolute atomic E-state index is 0.0163. The molecule has 3 heteroatoms. The average molecular weight is 228 g/mol. The van der Waals surface area contributed by atoms with Gasteiger partial charge in [0.25, 0.3) is 0 Å². The Morgan fingerprint density at radius 1 is 1.18 bits per heavy atom. The molecule has 17 heavy (non-hydrogen) atoms. The lowest BCUT2D eigenvalue weighted by atomic mass is 9.92. The monoisotopic (exact) mass is 228 g/mol. The van der Waals surface area contributed by atoms with E-state index in [1.165, 1.54) is 0 Å². The summed E-state index contributed by atoms with van der Waals surface area (Å²) in [6.07, 6.45) is 3.87. The molecule has 0 bridgehead atoms. The van der Waals surface area contributed by atoms with Gasteiger partial charge < -0.3 is 4.74 Å². The summed E-state index contributed by atoms with van der Waals surface area (Å²) in [4.78, 5) is 0. The molecule has 2 aliphatic rings. The minimum Gasteiger partial charge on any atom is -0.466 e. The molecule has 2 unspecified atom stereocenters. The van der Waals surface area contributed by atoms with Crippen LogP contribution in [-0.4, -0.2) is 0 Å². The molecule has 1 heterocycles. The Morgan fingerprint density at radius 2 is 1.71 bits per heavy atom. The normalized spacial score (nSPS) is 29.5. The van der Waals surface area contributed by atoms with Crippen LogP contribution < -0.4 is 0 Å². The molecule has 88 valence electrons. The van der Waals surface area contributed by atoms with Gasteiger partial charge in [-0.05, 0) is 19.1 Å². The van der Waals surface area contributed by atoms with Crippen LogP contribution in [0.3, 0.4) is 0 Å². The Hall–Kier alpha value is -1.74. The van der Waals surface area contributed by atoms with E-state index in [1.807, 2.05) is 19.1 Å². The molecule has 0 radical (unpaired) electrons. The topological polar surface area (TPSA) is 56.8 Å². The quantitative estimate of drug-likeness (QED) is 0.640. The number of nitriles is 2. The van der Waals surface area contributed by atoms with Gasteiger partial charge in [0, 0.05) is 17.3 Å². The Kier molecular flexibility index (Phi) is 2.33. The molecule has 1 aliphatic heterocycles. The van der Waals surface area contributed by atoms with Crippen molar-refractivity contribution in [3.8, 4) is 12.1 Å². The van der Waals surface area contributed by atoms with Gasteiger partial charge in [0.05, 0.1) is 17.9 Å². The molecule has 0 aromatic carbocycles. The van der Waals surface area contributed by atoms with Crippen molar-refractivity contribution in [2.75, 3.05) is 0 Å². The summed E-state index contributed by atoms with van der Waals surface area (Å²) >= 11 is 0. The maximum atomic E-state index is 9.18. The van der Waals surface area contributed by atoms with E-state index in [-0.39, 0.29) is 17.3 Å². The van der Waals surface area contributed by atoms with Crippen LogP contribution in [0, 0.1) is 45.3 Å². The van der Waals surface area contributed by atoms with Crippen molar-refractivity contribution in [3.05, 3.63) is 23.7 Å². The number of fused-ring (bicyclic) bond motifs is 1. The van der Waals surface area contributed by atoms with Crippen molar-refractivity contribution in [3.63, 3.8) is 0 Å². The fourth-order valence-electron chi connectivity index (χ4n) is 2.30. The zero-order valence-corrected chi connectivity index (χ0v) is 10.6. The van der Waals surface area contributed by atoms with Gasteiger partial charge in [0.15, 0.2) is 5.41 Å². The first kappa shape index (κ1) is 11.7. The smallest absolute Gasteiger partial charge is 0.157 e. The van der Waals surface area contributed by atoms with Crippen molar-refractivity contribution in [2.24, 2.45) is 22.7 Å². The van der Waals surface area contributed by atoms with Gasteiger partial charge in [-0.15, -0.1) is 0 Å². The average Bonchev–Trinajstić information content (AvgIpc) is 2.86. The van der Waals surface area contributed by atoms with E-state index in [1.54, 1.807) is 0 Å². The van der Waals surface area contributed by atoms with E-state index >= 15 is 0 Å². The Labute approximate surface area is 102 Å². The maximum absolute atomic E-state index is 9.18.